The largest absolute Gasteiger partial charge is 0.325 e. The summed E-state index contributed by atoms with van der Waals surface area (Å²) < 4.78 is 14.1. The van der Waals surface area contributed by atoms with Gasteiger partial charge in [0.15, 0.2) is 0 Å². The summed E-state index contributed by atoms with van der Waals surface area (Å²) in [7, 11) is 0. The first-order valence-electron chi connectivity index (χ1n) is 7.16. The van der Waals surface area contributed by atoms with Crippen LogP contribution in [0.15, 0.2) is 42.5 Å². The third-order valence-electron chi connectivity index (χ3n) is 4.07. The van der Waals surface area contributed by atoms with Crippen molar-refractivity contribution in [1.82, 2.24) is 10.2 Å². The van der Waals surface area contributed by atoms with E-state index in [-0.39, 0.29) is 12.1 Å². The Balaban J connectivity index is 1.97. The number of amides is 3. The van der Waals surface area contributed by atoms with E-state index in [0.717, 1.165) is 4.90 Å². The molecule has 0 saturated carbocycles. The highest BCUT2D eigenvalue weighted by Crippen LogP contribution is 2.33. The van der Waals surface area contributed by atoms with Crippen molar-refractivity contribution < 1.29 is 14.0 Å². The molecule has 1 N–H and O–H groups in total. The van der Waals surface area contributed by atoms with Gasteiger partial charge < -0.3 is 5.32 Å². The molecule has 1 unspecified atom stereocenters. The molecule has 3 amide bonds. The fourth-order valence-corrected chi connectivity index (χ4v) is 3.25. The minimum Gasteiger partial charge on any atom is -0.319 e. The summed E-state index contributed by atoms with van der Waals surface area (Å²) in [5, 5.41) is 3.26. The highest BCUT2D eigenvalue weighted by atomic mass is 35.5. The average molecular weight is 367 g/mol. The lowest BCUT2D eigenvalue weighted by molar-refractivity contribution is -0.131. The van der Waals surface area contributed by atoms with Gasteiger partial charge in [-0.25, -0.2) is 9.18 Å². The molecule has 0 aromatic heterocycles. The van der Waals surface area contributed by atoms with Gasteiger partial charge in [0.25, 0.3) is 5.91 Å². The van der Waals surface area contributed by atoms with Crippen molar-refractivity contribution in [2.24, 2.45) is 0 Å². The number of imide groups is 1. The summed E-state index contributed by atoms with van der Waals surface area (Å²) in [5.74, 6) is -1.13. The SMILES string of the molecule is CC1(c2ccccc2F)NC(=O)N(Cc2c(Cl)cccc2Cl)C1=O. The van der Waals surface area contributed by atoms with Crippen molar-refractivity contribution in [2.75, 3.05) is 0 Å². The number of benzene rings is 2. The summed E-state index contributed by atoms with van der Waals surface area (Å²) >= 11 is 12.2. The Bertz CT molecular complexity index is 823. The first-order valence-corrected chi connectivity index (χ1v) is 7.92. The van der Waals surface area contributed by atoms with Crippen LogP contribution in [0.4, 0.5) is 9.18 Å². The van der Waals surface area contributed by atoms with Gasteiger partial charge in [-0.05, 0) is 25.1 Å². The van der Waals surface area contributed by atoms with Gasteiger partial charge in [-0.1, -0.05) is 47.5 Å². The summed E-state index contributed by atoms with van der Waals surface area (Å²) in [5.41, 5.74) is -0.908. The summed E-state index contributed by atoms with van der Waals surface area (Å²) in [6.07, 6.45) is 0. The van der Waals surface area contributed by atoms with Crippen molar-refractivity contribution in [3.05, 3.63) is 69.5 Å². The van der Waals surface area contributed by atoms with E-state index >= 15 is 0 Å². The molecule has 1 aliphatic heterocycles. The number of carbonyl (C=O) groups is 2. The standard InChI is InChI=1S/C17H13Cl2FN2O2/c1-17(11-5-2-3-8-14(11)20)15(23)22(16(24)21-17)9-10-12(18)6-4-7-13(10)19/h2-8H,9H2,1H3,(H,21,24). The Morgan fingerprint density at radius 2 is 1.71 bits per heavy atom. The molecule has 124 valence electrons. The molecule has 1 fully saturated rings. The van der Waals surface area contributed by atoms with Crippen LogP contribution >= 0.6 is 23.2 Å². The van der Waals surface area contributed by atoms with Crippen LogP contribution in [0.1, 0.15) is 18.1 Å². The van der Waals surface area contributed by atoms with Gasteiger partial charge in [0.2, 0.25) is 0 Å². The second kappa shape index (κ2) is 6.07. The van der Waals surface area contributed by atoms with E-state index < -0.39 is 23.3 Å². The van der Waals surface area contributed by atoms with Crippen LogP contribution in [0, 0.1) is 5.82 Å². The smallest absolute Gasteiger partial charge is 0.319 e. The van der Waals surface area contributed by atoms with Gasteiger partial charge in [0.1, 0.15) is 11.4 Å². The van der Waals surface area contributed by atoms with E-state index in [2.05, 4.69) is 5.32 Å². The number of hydrogen-bond acceptors (Lipinski definition) is 2. The topological polar surface area (TPSA) is 49.4 Å². The summed E-state index contributed by atoms with van der Waals surface area (Å²) in [4.78, 5) is 26.1. The first kappa shape index (κ1) is 16.7. The molecule has 7 heteroatoms. The van der Waals surface area contributed by atoms with Gasteiger partial charge in [0.05, 0.1) is 6.54 Å². The van der Waals surface area contributed by atoms with E-state index in [0.29, 0.717) is 15.6 Å². The molecular formula is C17H13Cl2FN2O2. The van der Waals surface area contributed by atoms with Crippen LogP contribution in [0.25, 0.3) is 0 Å². The summed E-state index contributed by atoms with van der Waals surface area (Å²) in [6.45, 7) is 1.38. The second-order valence-electron chi connectivity index (χ2n) is 5.63. The average Bonchev–Trinajstić information content (AvgIpc) is 2.75. The highest BCUT2D eigenvalue weighted by Gasteiger charge is 2.50. The van der Waals surface area contributed by atoms with Crippen molar-refractivity contribution in [3.63, 3.8) is 0 Å². The minimum atomic E-state index is -1.48. The maximum atomic E-state index is 14.1. The van der Waals surface area contributed by atoms with Crippen LogP contribution in [-0.4, -0.2) is 16.8 Å². The number of nitrogens with zero attached hydrogens (tertiary/aromatic N) is 1. The molecule has 0 radical (unpaired) electrons. The lowest BCUT2D eigenvalue weighted by atomic mass is 9.91. The normalized spacial score (nSPS) is 20.4. The number of halogens is 3. The number of urea groups is 1. The Morgan fingerprint density at radius 1 is 1.08 bits per heavy atom. The molecule has 0 bridgehead atoms. The van der Waals surface area contributed by atoms with Gasteiger partial charge in [-0.3, -0.25) is 9.69 Å². The molecule has 0 aliphatic carbocycles. The predicted octanol–water partition coefficient (Wildman–Crippen LogP) is 4.10. The number of hydrogen-bond donors (Lipinski definition) is 1. The Labute approximate surface area is 148 Å². The minimum absolute atomic E-state index is 0.0901. The molecule has 1 aliphatic rings. The molecule has 24 heavy (non-hydrogen) atoms. The van der Waals surface area contributed by atoms with Crippen LogP contribution in [0.3, 0.4) is 0 Å². The van der Waals surface area contributed by atoms with Gasteiger partial charge in [0, 0.05) is 21.2 Å². The van der Waals surface area contributed by atoms with Gasteiger partial charge in [-0.2, -0.15) is 0 Å². The monoisotopic (exact) mass is 366 g/mol. The zero-order valence-electron chi connectivity index (χ0n) is 12.6. The first-order chi connectivity index (χ1) is 11.3. The fraction of sp³-hybridized carbons (Fsp3) is 0.176. The quantitative estimate of drug-likeness (QED) is 0.831. The summed E-state index contributed by atoms with van der Waals surface area (Å²) in [6, 6.07) is 10.1. The van der Waals surface area contributed by atoms with Crippen LogP contribution in [-0.2, 0) is 16.9 Å². The van der Waals surface area contributed by atoms with Gasteiger partial charge in [-0.15, -0.1) is 0 Å². The molecule has 4 nitrogen and oxygen atoms in total. The zero-order valence-corrected chi connectivity index (χ0v) is 14.2. The van der Waals surface area contributed by atoms with E-state index in [1.54, 1.807) is 24.3 Å². The third kappa shape index (κ3) is 2.64. The van der Waals surface area contributed by atoms with E-state index in [1.165, 1.54) is 25.1 Å². The van der Waals surface area contributed by atoms with Crippen LogP contribution in [0.5, 0.6) is 0 Å². The molecule has 1 atom stereocenters. The Kier molecular flexibility index (Phi) is 4.24. The van der Waals surface area contributed by atoms with E-state index in [9.17, 15) is 14.0 Å². The maximum Gasteiger partial charge on any atom is 0.325 e. The maximum absolute atomic E-state index is 14.1. The molecule has 3 rings (SSSR count). The Hall–Kier alpha value is -2.11. The number of nitrogens with one attached hydrogen (secondary N) is 1. The molecule has 2 aromatic carbocycles. The van der Waals surface area contributed by atoms with Crippen molar-refractivity contribution >= 4 is 35.1 Å². The van der Waals surface area contributed by atoms with Crippen molar-refractivity contribution in [3.8, 4) is 0 Å². The lowest BCUT2D eigenvalue weighted by Crippen LogP contribution is -2.41. The third-order valence-corrected chi connectivity index (χ3v) is 4.77. The predicted molar refractivity (Wildman–Crippen MR) is 89.3 cm³/mol. The molecule has 0 spiro atoms. The Morgan fingerprint density at radius 3 is 2.33 bits per heavy atom. The van der Waals surface area contributed by atoms with Gasteiger partial charge >= 0.3 is 6.03 Å². The molecular weight excluding hydrogens is 354 g/mol. The number of carbonyl (C=O) groups excluding carboxylic acids is 2. The van der Waals surface area contributed by atoms with Crippen molar-refractivity contribution in [2.45, 2.75) is 19.0 Å². The van der Waals surface area contributed by atoms with E-state index in [4.69, 9.17) is 23.2 Å². The van der Waals surface area contributed by atoms with E-state index in [1.807, 2.05) is 0 Å². The molecule has 1 saturated heterocycles. The van der Waals surface area contributed by atoms with Crippen LogP contribution < -0.4 is 5.32 Å². The van der Waals surface area contributed by atoms with Crippen molar-refractivity contribution in [1.29, 1.82) is 0 Å². The lowest BCUT2D eigenvalue weighted by Gasteiger charge is -2.23. The zero-order chi connectivity index (χ0) is 17.5. The number of rotatable bonds is 3. The molecule has 2 aromatic rings. The molecule has 1 heterocycles. The fourth-order valence-electron chi connectivity index (χ4n) is 2.73. The highest BCUT2D eigenvalue weighted by molar-refractivity contribution is 6.36. The second-order valence-corrected chi connectivity index (χ2v) is 6.44. The van der Waals surface area contributed by atoms with Crippen LogP contribution in [0.2, 0.25) is 10.0 Å².